The molecule has 0 fully saturated rings. The van der Waals surface area contributed by atoms with E-state index in [9.17, 15) is 5.21 Å². The predicted octanol–water partition coefficient (Wildman–Crippen LogP) is 1.87. The molecule has 0 amide bonds. The maximum atomic E-state index is 10.5. The minimum Gasteiger partial charge on any atom is -0.761 e. The SMILES string of the molecule is CC(C)(C)N([O-])OI. The molecular formula is C4H9INO2-. The fraction of sp³-hybridized carbons (Fsp3) is 1.00. The highest BCUT2D eigenvalue weighted by Gasteiger charge is 2.11. The summed E-state index contributed by atoms with van der Waals surface area (Å²) >= 11 is 1.55. The quantitative estimate of drug-likeness (QED) is 0.509. The third kappa shape index (κ3) is 2.81. The van der Waals surface area contributed by atoms with Gasteiger partial charge in [0.2, 0.25) is 0 Å². The second-order valence-corrected chi connectivity index (χ2v) is 2.89. The van der Waals surface area contributed by atoms with Crippen molar-refractivity contribution in [2.45, 2.75) is 26.3 Å². The van der Waals surface area contributed by atoms with Crippen molar-refractivity contribution in [2.75, 3.05) is 0 Å². The molecular weight excluding hydrogens is 221 g/mol. The minimum atomic E-state index is -0.443. The van der Waals surface area contributed by atoms with E-state index in [0.717, 1.165) is 0 Å². The van der Waals surface area contributed by atoms with Crippen molar-refractivity contribution in [1.29, 1.82) is 0 Å². The van der Waals surface area contributed by atoms with Gasteiger partial charge in [-0.2, -0.15) is 0 Å². The summed E-state index contributed by atoms with van der Waals surface area (Å²) in [6.07, 6.45) is 0. The highest BCUT2D eigenvalue weighted by atomic mass is 127. The number of hydrogen-bond acceptors (Lipinski definition) is 3. The lowest BCUT2D eigenvalue weighted by Gasteiger charge is -2.36. The molecule has 0 radical (unpaired) electrons. The van der Waals surface area contributed by atoms with Crippen LogP contribution in [0.15, 0.2) is 0 Å². The molecule has 0 aromatic heterocycles. The van der Waals surface area contributed by atoms with Gasteiger partial charge in [-0.25, -0.2) is 8.39 Å². The van der Waals surface area contributed by atoms with Gasteiger partial charge >= 0.3 is 0 Å². The molecule has 0 atom stereocenters. The molecule has 0 saturated heterocycles. The van der Waals surface area contributed by atoms with Crippen molar-refractivity contribution in [1.82, 2.24) is 5.23 Å². The van der Waals surface area contributed by atoms with E-state index in [2.05, 4.69) is 3.17 Å². The predicted molar refractivity (Wildman–Crippen MR) is 40.1 cm³/mol. The molecule has 0 aliphatic carbocycles. The zero-order chi connectivity index (χ0) is 6.78. The fourth-order valence-electron chi connectivity index (χ4n) is 0.104. The van der Waals surface area contributed by atoms with Gasteiger partial charge in [0, 0.05) is 5.54 Å². The highest BCUT2D eigenvalue weighted by Crippen LogP contribution is 2.13. The molecule has 4 heteroatoms. The van der Waals surface area contributed by atoms with Crippen LogP contribution in [0.1, 0.15) is 20.8 Å². The largest absolute Gasteiger partial charge is 0.761 e. The molecule has 3 nitrogen and oxygen atoms in total. The van der Waals surface area contributed by atoms with E-state index in [4.69, 9.17) is 0 Å². The Hall–Kier alpha value is 0.610. The summed E-state index contributed by atoms with van der Waals surface area (Å²) in [4.78, 5) is 0. The first-order chi connectivity index (χ1) is 3.48. The molecule has 0 rings (SSSR count). The summed E-state index contributed by atoms with van der Waals surface area (Å²) in [5, 5.41) is 11.1. The van der Waals surface area contributed by atoms with Crippen molar-refractivity contribution in [3.05, 3.63) is 5.21 Å². The van der Waals surface area contributed by atoms with Crippen molar-refractivity contribution >= 4 is 23.0 Å². The van der Waals surface area contributed by atoms with Crippen LogP contribution in [0, 0.1) is 5.21 Å². The zero-order valence-electron chi connectivity index (χ0n) is 5.14. The van der Waals surface area contributed by atoms with Gasteiger partial charge in [-0.15, -0.1) is 0 Å². The summed E-state index contributed by atoms with van der Waals surface area (Å²) in [6.45, 7) is 5.33. The summed E-state index contributed by atoms with van der Waals surface area (Å²) in [7, 11) is 0. The first-order valence-electron chi connectivity index (χ1n) is 2.24. The molecule has 0 unspecified atom stereocenters. The molecule has 0 saturated carbocycles. The summed E-state index contributed by atoms with van der Waals surface area (Å²) in [5.74, 6) is 0. The highest BCUT2D eigenvalue weighted by molar-refractivity contribution is 14.1. The third-order valence-electron chi connectivity index (χ3n) is 0.610. The van der Waals surface area contributed by atoms with Crippen LogP contribution in [-0.4, -0.2) is 10.8 Å². The lowest BCUT2D eigenvalue weighted by atomic mass is 10.1. The molecule has 8 heavy (non-hydrogen) atoms. The topological polar surface area (TPSA) is 35.5 Å². The summed E-state index contributed by atoms with van der Waals surface area (Å²) in [5.41, 5.74) is -0.443. The van der Waals surface area contributed by atoms with Crippen LogP contribution in [0.2, 0.25) is 0 Å². The van der Waals surface area contributed by atoms with Crippen LogP contribution < -0.4 is 0 Å². The normalized spacial score (nSPS) is 12.8. The van der Waals surface area contributed by atoms with E-state index < -0.39 is 5.54 Å². The second-order valence-electron chi connectivity index (χ2n) is 2.50. The number of rotatable bonds is 1. The van der Waals surface area contributed by atoms with Crippen molar-refractivity contribution < 1.29 is 3.17 Å². The molecule has 50 valence electrons. The van der Waals surface area contributed by atoms with Crippen LogP contribution in [0.5, 0.6) is 0 Å². The Labute approximate surface area is 63.2 Å². The molecule has 0 heterocycles. The smallest absolute Gasteiger partial charge is 0.135 e. The van der Waals surface area contributed by atoms with Gasteiger partial charge in [-0.3, -0.25) is 0 Å². The van der Waals surface area contributed by atoms with Crippen LogP contribution in [-0.2, 0) is 3.17 Å². The van der Waals surface area contributed by atoms with Crippen LogP contribution >= 0.6 is 23.0 Å². The molecule has 0 spiro atoms. The lowest BCUT2D eigenvalue weighted by molar-refractivity contribution is -0.0359. The Kier molecular flexibility index (Phi) is 3.18. The first kappa shape index (κ1) is 8.61. The summed E-state index contributed by atoms with van der Waals surface area (Å²) in [6, 6.07) is 0. The minimum absolute atomic E-state index is 0.443. The van der Waals surface area contributed by atoms with Crippen LogP contribution in [0.25, 0.3) is 0 Å². The van der Waals surface area contributed by atoms with Crippen molar-refractivity contribution in [3.8, 4) is 0 Å². The van der Waals surface area contributed by atoms with E-state index >= 15 is 0 Å². The van der Waals surface area contributed by atoms with Gasteiger partial charge in [0.05, 0.1) is 0 Å². The third-order valence-corrected chi connectivity index (χ3v) is 0.968. The number of nitrogens with zero attached hydrogens (tertiary/aromatic N) is 1. The fourth-order valence-corrected chi connectivity index (χ4v) is 0.694. The average molecular weight is 230 g/mol. The molecule has 0 aromatic carbocycles. The molecule has 0 N–H and O–H groups in total. The van der Waals surface area contributed by atoms with E-state index in [1.54, 1.807) is 43.8 Å². The maximum absolute atomic E-state index is 10.5. The Morgan fingerprint density at radius 3 is 1.88 bits per heavy atom. The van der Waals surface area contributed by atoms with Crippen molar-refractivity contribution in [2.24, 2.45) is 0 Å². The monoisotopic (exact) mass is 230 g/mol. The zero-order valence-corrected chi connectivity index (χ0v) is 7.30. The van der Waals surface area contributed by atoms with E-state index in [-0.39, 0.29) is 0 Å². The first-order valence-corrected chi connectivity index (χ1v) is 3.12. The van der Waals surface area contributed by atoms with Gasteiger partial charge in [0.25, 0.3) is 0 Å². The Morgan fingerprint density at radius 1 is 1.50 bits per heavy atom. The molecule has 0 aliphatic rings. The standard InChI is InChI=1S/C4H9INO2/c1-4(2,3)6(7)8-5/h1-3H3/q-1. The Morgan fingerprint density at radius 2 is 1.88 bits per heavy atom. The van der Waals surface area contributed by atoms with Gasteiger partial charge in [0.15, 0.2) is 0 Å². The Bertz CT molecular complexity index is 70.9. The number of halogens is 1. The van der Waals surface area contributed by atoms with Gasteiger partial charge in [0.1, 0.15) is 23.0 Å². The number of hydroxylamine groups is 2. The molecule has 0 bridgehead atoms. The van der Waals surface area contributed by atoms with E-state index in [1.807, 2.05) is 0 Å². The van der Waals surface area contributed by atoms with E-state index in [1.165, 1.54) is 0 Å². The van der Waals surface area contributed by atoms with Gasteiger partial charge in [-0.1, -0.05) is 0 Å². The molecule has 0 aliphatic heterocycles. The second kappa shape index (κ2) is 2.95. The average Bonchev–Trinajstić information content (AvgIpc) is 1.62. The lowest BCUT2D eigenvalue weighted by Crippen LogP contribution is -2.34. The Balaban J connectivity index is 3.62. The van der Waals surface area contributed by atoms with E-state index in [0.29, 0.717) is 5.23 Å². The summed E-state index contributed by atoms with van der Waals surface area (Å²) < 4.78 is 4.36. The van der Waals surface area contributed by atoms with Crippen LogP contribution in [0.4, 0.5) is 0 Å². The van der Waals surface area contributed by atoms with Crippen molar-refractivity contribution in [3.63, 3.8) is 0 Å². The van der Waals surface area contributed by atoms with Crippen LogP contribution in [0.3, 0.4) is 0 Å². The van der Waals surface area contributed by atoms with Gasteiger partial charge in [-0.05, 0) is 20.8 Å². The molecule has 0 aromatic rings. The number of hydrogen-bond donors (Lipinski definition) is 0. The van der Waals surface area contributed by atoms with Gasteiger partial charge < -0.3 is 5.21 Å². The maximum Gasteiger partial charge on any atom is 0.135 e.